The molecule has 12 heavy (non-hydrogen) atoms. The molecule has 0 aliphatic carbocycles. The summed E-state index contributed by atoms with van der Waals surface area (Å²) in [5.41, 5.74) is 5.36. The maximum Gasteiger partial charge on any atom is 0.239 e. The molecule has 0 fully saturated rings. The summed E-state index contributed by atoms with van der Waals surface area (Å²) in [6.45, 7) is 1.93. The number of nitrogen functional groups attached to an aromatic ring is 1. The maximum absolute atomic E-state index is 5.36. The van der Waals surface area contributed by atoms with Gasteiger partial charge >= 0.3 is 0 Å². The van der Waals surface area contributed by atoms with Crippen molar-refractivity contribution in [1.82, 2.24) is 19.7 Å². The Balaban J connectivity index is 2.24. The molecule has 1 rings (SSSR count). The number of nitrogens with zero attached hydrogens (tertiary/aromatic N) is 4. The van der Waals surface area contributed by atoms with Gasteiger partial charge in [-0.25, -0.2) is 4.98 Å². The molecule has 2 N–H and O–H groups in total. The summed E-state index contributed by atoms with van der Waals surface area (Å²) in [6, 6.07) is 0. The topological polar surface area (TPSA) is 60.0 Å². The summed E-state index contributed by atoms with van der Waals surface area (Å²) in [6.07, 6.45) is 2.72. The zero-order valence-corrected chi connectivity index (χ0v) is 7.56. The molecule has 0 unspecified atom stereocenters. The molecule has 1 aromatic heterocycles. The molecular weight excluding hydrogens is 154 g/mol. The third kappa shape index (κ3) is 2.87. The van der Waals surface area contributed by atoms with E-state index in [1.165, 1.54) is 0 Å². The molecule has 0 saturated carbocycles. The molecular formula is C7H15N5. The molecule has 1 aromatic rings. The van der Waals surface area contributed by atoms with Crippen molar-refractivity contribution in [3.05, 3.63) is 6.33 Å². The number of rotatable bonds is 4. The van der Waals surface area contributed by atoms with Crippen LogP contribution in [0.3, 0.4) is 0 Å². The molecule has 5 heteroatoms. The second kappa shape index (κ2) is 4.06. The number of aryl methyl sites for hydroxylation is 1. The highest BCUT2D eigenvalue weighted by Gasteiger charge is 1.95. The maximum atomic E-state index is 5.36. The number of aromatic nitrogens is 3. The fourth-order valence-corrected chi connectivity index (χ4v) is 0.966. The van der Waals surface area contributed by atoms with Crippen LogP contribution in [0.15, 0.2) is 6.33 Å². The van der Waals surface area contributed by atoms with Crippen LogP contribution in [0.4, 0.5) is 5.95 Å². The van der Waals surface area contributed by atoms with Crippen molar-refractivity contribution < 1.29 is 0 Å². The minimum Gasteiger partial charge on any atom is -0.367 e. The highest BCUT2D eigenvalue weighted by atomic mass is 15.4. The minimum atomic E-state index is 0.347. The molecule has 0 amide bonds. The van der Waals surface area contributed by atoms with Gasteiger partial charge in [0, 0.05) is 6.54 Å². The predicted molar refractivity (Wildman–Crippen MR) is 47.6 cm³/mol. The first-order valence-electron chi connectivity index (χ1n) is 3.98. The minimum absolute atomic E-state index is 0.347. The molecule has 0 spiro atoms. The van der Waals surface area contributed by atoms with E-state index in [0.29, 0.717) is 5.95 Å². The van der Waals surface area contributed by atoms with Crippen LogP contribution in [0.1, 0.15) is 6.42 Å². The Morgan fingerprint density at radius 2 is 2.33 bits per heavy atom. The van der Waals surface area contributed by atoms with Crippen molar-refractivity contribution in [3.8, 4) is 0 Å². The second-order valence-corrected chi connectivity index (χ2v) is 3.02. The lowest BCUT2D eigenvalue weighted by Crippen LogP contribution is -2.15. The first kappa shape index (κ1) is 8.99. The van der Waals surface area contributed by atoms with Gasteiger partial charge in [0.25, 0.3) is 0 Å². The van der Waals surface area contributed by atoms with Crippen molar-refractivity contribution in [2.24, 2.45) is 0 Å². The summed E-state index contributed by atoms with van der Waals surface area (Å²) < 4.78 is 1.76. The highest BCUT2D eigenvalue weighted by molar-refractivity contribution is 5.08. The fourth-order valence-electron chi connectivity index (χ4n) is 0.966. The monoisotopic (exact) mass is 169 g/mol. The summed E-state index contributed by atoms with van der Waals surface area (Å²) in [5, 5.41) is 3.97. The van der Waals surface area contributed by atoms with Gasteiger partial charge in [-0.3, -0.25) is 4.68 Å². The summed E-state index contributed by atoms with van der Waals surface area (Å²) in [5.74, 6) is 0.347. The van der Waals surface area contributed by atoms with Gasteiger partial charge in [-0.05, 0) is 27.1 Å². The summed E-state index contributed by atoms with van der Waals surface area (Å²) in [7, 11) is 4.10. The van der Waals surface area contributed by atoms with Crippen LogP contribution in [-0.2, 0) is 6.54 Å². The van der Waals surface area contributed by atoms with Crippen LogP contribution in [0.2, 0.25) is 0 Å². The lowest BCUT2D eigenvalue weighted by Gasteiger charge is -2.07. The average Bonchev–Trinajstić information content (AvgIpc) is 2.35. The van der Waals surface area contributed by atoms with Gasteiger partial charge in [-0.1, -0.05) is 0 Å². The molecule has 0 radical (unpaired) electrons. The second-order valence-electron chi connectivity index (χ2n) is 3.02. The van der Waals surface area contributed by atoms with Gasteiger partial charge in [0.1, 0.15) is 6.33 Å². The first-order valence-corrected chi connectivity index (χ1v) is 3.98. The highest BCUT2D eigenvalue weighted by Crippen LogP contribution is 1.92. The van der Waals surface area contributed by atoms with Gasteiger partial charge in [-0.15, -0.1) is 5.10 Å². The van der Waals surface area contributed by atoms with Crippen molar-refractivity contribution in [3.63, 3.8) is 0 Å². The Hall–Kier alpha value is -1.10. The predicted octanol–water partition coefficient (Wildman–Crippen LogP) is -0.188. The lowest BCUT2D eigenvalue weighted by molar-refractivity contribution is 0.380. The molecule has 0 bridgehead atoms. The Morgan fingerprint density at radius 1 is 1.58 bits per heavy atom. The van der Waals surface area contributed by atoms with E-state index in [2.05, 4.69) is 29.1 Å². The molecule has 0 aliphatic heterocycles. The Morgan fingerprint density at radius 3 is 2.83 bits per heavy atom. The summed E-state index contributed by atoms with van der Waals surface area (Å²) in [4.78, 5) is 5.97. The molecule has 1 heterocycles. The van der Waals surface area contributed by atoms with Crippen molar-refractivity contribution in [1.29, 1.82) is 0 Å². The SMILES string of the molecule is CN(C)CCCn1cnc(N)n1. The van der Waals surface area contributed by atoms with Crippen molar-refractivity contribution in [2.75, 3.05) is 26.4 Å². The van der Waals surface area contributed by atoms with E-state index in [-0.39, 0.29) is 0 Å². The third-order valence-corrected chi connectivity index (χ3v) is 1.55. The van der Waals surface area contributed by atoms with E-state index in [1.807, 2.05) is 0 Å². The van der Waals surface area contributed by atoms with E-state index in [0.717, 1.165) is 19.5 Å². The van der Waals surface area contributed by atoms with Crippen LogP contribution in [-0.4, -0.2) is 40.3 Å². The van der Waals surface area contributed by atoms with Crippen LogP contribution in [0, 0.1) is 0 Å². The molecule has 0 atom stereocenters. The van der Waals surface area contributed by atoms with Crippen molar-refractivity contribution >= 4 is 5.95 Å². The number of hydrogen-bond acceptors (Lipinski definition) is 4. The first-order chi connectivity index (χ1) is 5.68. The molecule has 68 valence electrons. The van der Waals surface area contributed by atoms with E-state index in [9.17, 15) is 0 Å². The third-order valence-electron chi connectivity index (χ3n) is 1.55. The molecule has 0 aromatic carbocycles. The molecule has 0 aliphatic rings. The average molecular weight is 169 g/mol. The van der Waals surface area contributed by atoms with E-state index < -0.39 is 0 Å². The van der Waals surface area contributed by atoms with Gasteiger partial charge in [0.05, 0.1) is 0 Å². The van der Waals surface area contributed by atoms with Gasteiger partial charge in [0.15, 0.2) is 0 Å². The Labute approximate surface area is 72.2 Å². The number of hydrogen-bond donors (Lipinski definition) is 1. The largest absolute Gasteiger partial charge is 0.367 e. The van der Waals surface area contributed by atoms with Crippen LogP contribution in [0.25, 0.3) is 0 Å². The standard InChI is InChI=1S/C7H15N5/c1-11(2)4-3-5-12-6-9-7(8)10-12/h6H,3-5H2,1-2H3,(H2,8,10). The fraction of sp³-hybridized carbons (Fsp3) is 0.714. The lowest BCUT2D eigenvalue weighted by atomic mass is 10.4. The van der Waals surface area contributed by atoms with E-state index >= 15 is 0 Å². The van der Waals surface area contributed by atoms with Crippen LogP contribution >= 0.6 is 0 Å². The van der Waals surface area contributed by atoms with E-state index in [4.69, 9.17) is 5.73 Å². The number of nitrogens with two attached hydrogens (primary N) is 1. The molecule has 5 nitrogen and oxygen atoms in total. The Kier molecular flexibility index (Phi) is 3.04. The Bertz CT molecular complexity index is 229. The van der Waals surface area contributed by atoms with Crippen LogP contribution in [0.5, 0.6) is 0 Å². The quantitative estimate of drug-likeness (QED) is 0.678. The van der Waals surface area contributed by atoms with Gasteiger partial charge in [-0.2, -0.15) is 0 Å². The van der Waals surface area contributed by atoms with Gasteiger partial charge in [0.2, 0.25) is 5.95 Å². The van der Waals surface area contributed by atoms with Crippen molar-refractivity contribution in [2.45, 2.75) is 13.0 Å². The molecule has 0 saturated heterocycles. The zero-order chi connectivity index (χ0) is 8.97. The smallest absolute Gasteiger partial charge is 0.239 e. The normalized spacial score (nSPS) is 10.9. The van der Waals surface area contributed by atoms with Gasteiger partial charge < -0.3 is 10.6 Å². The van der Waals surface area contributed by atoms with E-state index in [1.54, 1.807) is 11.0 Å². The van der Waals surface area contributed by atoms with Crippen LogP contribution < -0.4 is 5.73 Å². The number of anilines is 1. The summed E-state index contributed by atoms with van der Waals surface area (Å²) >= 11 is 0. The zero-order valence-electron chi connectivity index (χ0n) is 7.56.